The van der Waals surface area contributed by atoms with E-state index in [1.807, 2.05) is 73.3 Å². The van der Waals surface area contributed by atoms with Crippen LogP contribution in [0.15, 0.2) is 115 Å². The second kappa shape index (κ2) is 16.2. The van der Waals surface area contributed by atoms with Gasteiger partial charge in [-0.15, -0.1) is 5.10 Å². The Hall–Kier alpha value is -6.79. The zero-order valence-electron chi connectivity index (χ0n) is 33.7. The maximum absolute atomic E-state index is 16.2. The molecule has 1 saturated heterocycles. The first-order valence-corrected chi connectivity index (χ1v) is 20.2. The smallest absolute Gasteiger partial charge is 0.352 e. The van der Waals surface area contributed by atoms with Crippen LogP contribution in [0.2, 0.25) is 0 Å². The first-order valence-electron chi connectivity index (χ1n) is 20.2. The Morgan fingerprint density at radius 2 is 1.60 bits per heavy atom. The maximum Gasteiger partial charge on any atom is 0.352 e. The number of hydrogen-bond acceptors (Lipinski definition) is 11. The van der Waals surface area contributed by atoms with Crippen LogP contribution in [0.1, 0.15) is 43.1 Å². The quantitative estimate of drug-likeness (QED) is 0.138. The largest absolute Gasteiger partial charge is 0.377 e. The lowest BCUT2D eigenvalue weighted by Crippen LogP contribution is -2.49. The molecule has 0 bridgehead atoms. The average molecular weight is 848 g/mol. The van der Waals surface area contributed by atoms with Crippen molar-refractivity contribution in [1.29, 1.82) is 0 Å². The van der Waals surface area contributed by atoms with E-state index in [4.69, 9.17) is 4.74 Å². The molecule has 3 aromatic carbocycles. The molecule has 6 heterocycles. The van der Waals surface area contributed by atoms with Crippen LogP contribution in [-0.4, -0.2) is 81.9 Å². The Labute approximate surface area is 352 Å². The lowest BCUT2D eigenvalue weighted by molar-refractivity contribution is -0.207. The fraction of sp³-hybridized carbons (Fsp3) is 0.295. The third-order valence-corrected chi connectivity index (χ3v) is 11.8. The van der Waals surface area contributed by atoms with Crippen molar-refractivity contribution in [3.8, 4) is 28.3 Å². The van der Waals surface area contributed by atoms with Crippen LogP contribution in [0.4, 0.5) is 28.9 Å². The van der Waals surface area contributed by atoms with Crippen LogP contribution in [0, 0.1) is 11.6 Å². The van der Waals surface area contributed by atoms with Crippen LogP contribution in [0.5, 0.6) is 0 Å². The standard InChI is InChI=1S/C44H41F4N11O3/c1-3-38(28(2)62-25-29-7-5-4-6-8-29)59-42(60)57(27-51-59)41-37(46)22-34(24-50-41)56-19-17-55(18-20-56)33-13-9-30(10-14-33)31-11-16-39(49-23-31)44(47,48)43(61)26-58-40(52-53-54-58)35-21-32(45)12-15-36(35)43/h4-16,21-24,27-28,38,61H,3,17-20,25-26H2,1-2H3/t28-,38-,43-/m0/s1. The van der Waals surface area contributed by atoms with Crippen LogP contribution in [0.25, 0.3) is 28.3 Å². The minimum atomic E-state index is -3.91. The van der Waals surface area contributed by atoms with E-state index in [9.17, 15) is 14.3 Å². The van der Waals surface area contributed by atoms with Crippen LogP contribution in [0.3, 0.4) is 0 Å². The highest BCUT2D eigenvalue weighted by Crippen LogP contribution is 2.50. The van der Waals surface area contributed by atoms with Crippen molar-refractivity contribution in [2.24, 2.45) is 0 Å². The topological polar surface area (TPSA) is 145 Å². The number of alkyl halides is 2. The van der Waals surface area contributed by atoms with E-state index in [2.05, 4.69) is 35.5 Å². The molecule has 2 aliphatic rings. The number of anilines is 2. The van der Waals surface area contributed by atoms with Crippen molar-refractivity contribution in [2.45, 2.75) is 57.1 Å². The molecule has 0 unspecified atom stereocenters. The number of halogens is 4. The predicted molar refractivity (Wildman–Crippen MR) is 221 cm³/mol. The number of tetrazole rings is 1. The van der Waals surface area contributed by atoms with Gasteiger partial charge in [-0.05, 0) is 65.2 Å². The minimum Gasteiger partial charge on any atom is -0.377 e. The average Bonchev–Trinajstić information content (AvgIpc) is 3.92. The summed E-state index contributed by atoms with van der Waals surface area (Å²) in [6, 6.07) is 24.2. The molecular weight excluding hydrogens is 807 g/mol. The third kappa shape index (κ3) is 7.27. The molecule has 0 aliphatic carbocycles. The number of pyridine rings is 2. The number of nitrogens with zero attached hydrogens (tertiary/aromatic N) is 11. The maximum atomic E-state index is 16.2. The van der Waals surface area contributed by atoms with Gasteiger partial charge in [0.25, 0.3) is 0 Å². The van der Waals surface area contributed by atoms with E-state index < -0.39 is 41.1 Å². The second-order valence-corrected chi connectivity index (χ2v) is 15.4. The molecule has 2 aliphatic heterocycles. The molecule has 4 aromatic heterocycles. The number of aromatic nitrogens is 9. The molecule has 0 saturated carbocycles. The van der Waals surface area contributed by atoms with E-state index in [1.165, 1.54) is 35.4 Å². The first kappa shape index (κ1) is 40.6. The number of piperazine rings is 1. The van der Waals surface area contributed by atoms with Crippen LogP contribution < -0.4 is 15.5 Å². The number of rotatable bonds is 12. The van der Waals surface area contributed by atoms with Crippen molar-refractivity contribution < 1.29 is 27.4 Å². The van der Waals surface area contributed by atoms with E-state index in [-0.39, 0.29) is 34.9 Å². The van der Waals surface area contributed by atoms with Gasteiger partial charge in [0.2, 0.25) is 0 Å². The molecule has 0 amide bonds. The fourth-order valence-corrected chi connectivity index (χ4v) is 8.26. The Balaban J connectivity index is 0.828. The highest BCUT2D eigenvalue weighted by molar-refractivity contribution is 5.67. The summed E-state index contributed by atoms with van der Waals surface area (Å²) in [5.74, 6) is -5.30. The van der Waals surface area contributed by atoms with E-state index in [1.54, 1.807) is 6.20 Å². The van der Waals surface area contributed by atoms with Crippen LogP contribution >= 0.6 is 0 Å². The Kier molecular flexibility index (Phi) is 10.6. The van der Waals surface area contributed by atoms with E-state index in [0.717, 1.165) is 44.3 Å². The molecule has 62 heavy (non-hydrogen) atoms. The fourth-order valence-electron chi connectivity index (χ4n) is 8.26. The summed E-state index contributed by atoms with van der Waals surface area (Å²) in [7, 11) is 0. The van der Waals surface area contributed by atoms with Gasteiger partial charge in [-0.3, -0.25) is 4.98 Å². The van der Waals surface area contributed by atoms with Gasteiger partial charge >= 0.3 is 11.6 Å². The van der Waals surface area contributed by atoms with E-state index >= 15 is 13.2 Å². The van der Waals surface area contributed by atoms with Gasteiger partial charge in [0, 0.05) is 60.8 Å². The van der Waals surface area contributed by atoms with Crippen molar-refractivity contribution in [2.75, 3.05) is 36.0 Å². The summed E-state index contributed by atoms with van der Waals surface area (Å²) in [4.78, 5) is 26.1. The lowest BCUT2D eigenvalue weighted by Gasteiger charge is -2.39. The number of aliphatic hydroxyl groups is 1. The lowest BCUT2D eigenvalue weighted by atomic mass is 9.80. The molecule has 9 rings (SSSR count). The summed E-state index contributed by atoms with van der Waals surface area (Å²) >= 11 is 0. The van der Waals surface area contributed by atoms with Crippen molar-refractivity contribution >= 4 is 11.4 Å². The van der Waals surface area contributed by atoms with Gasteiger partial charge in [-0.1, -0.05) is 61.5 Å². The highest BCUT2D eigenvalue weighted by Gasteiger charge is 2.59. The summed E-state index contributed by atoms with van der Waals surface area (Å²) < 4.78 is 71.8. The monoisotopic (exact) mass is 847 g/mol. The van der Waals surface area contributed by atoms with Crippen molar-refractivity contribution in [3.05, 3.63) is 149 Å². The molecule has 3 atom stereocenters. The van der Waals surface area contributed by atoms with Gasteiger partial charge in [0.1, 0.15) is 17.8 Å². The zero-order valence-corrected chi connectivity index (χ0v) is 33.7. The van der Waals surface area contributed by atoms with Crippen molar-refractivity contribution in [3.63, 3.8) is 0 Å². The van der Waals surface area contributed by atoms with Gasteiger partial charge in [0.15, 0.2) is 23.1 Å². The number of hydrogen-bond donors (Lipinski definition) is 1. The predicted octanol–water partition coefficient (Wildman–Crippen LogP) is 6.30. The zero-order chi connectivity index (χ0) is 43.2. The van der Waals surface area contributed by atoms with Crippen molar-refractivity contribution in [1.82, 2.24) is 44.5 Å². The summed E-state index contributed by atoms with van der Waals surface area (Å²) in [5, 5.41) is 26.9. The molecule has 7 aromatic rings. The molecule has 0 spiro atoms. The van der Waals surface area contributed by atoms with Gasteiger partial charge in [0.05, 0.1) is 37.2 Å². The Morgan fingerprint density at radius 3 is 2.29 bits per heavy atom. The normalized spacial score (nSPS) is 17.4. The summed E-state index contributed by atoms with van der Waals surface area (Å²) in [5.41, 5.74) is -0.341. The van der Waals surface area contributed by atoms with Gasteiger partial charge in [-0.2, -0.15) is 13.9 Å². The third-order valence-electron chi connectivity index (χ3n) is 11.8. The highest BCUT2D eigenvalue weighted by atomic mass is 19.3. The second-order valence-electron chi connectivity index (χ2n) is 15.4. The summed E-state index contributed by atoms with van der Waals surface area (Å²) in [6.07, 6.45) is 4.41. The number of benzene rings is 3. The van der Waals surface area contributed by atoms with Crippen LogP contribution in [-0.2, 0) is 29.4 Å². The molecule has 0 radical (unpaired) electrons. The molecular formula is C44H41F4N11O3. The van der Waals surface area contributed by atoms with Gasteiger partial charge < -0.3 is 19.6 Å². The number of ether oxygens (including phenoxy) is 1. The SMILES string of the molecule is CC[C@@H]([C@H](C)OCc1ccccc1)n1ncn(-c2ncc(N3CCN(c4ccc(-c5ccc(C(F)(F)[C@]6(O)Cn7nnnc7-c7cc(F)ccc76)nc5)cc4)CC3)cc2F)c1=O. The Morgan fingerprint density at radius 1 is 0.871 bits per heavy atom. The summed E-state index contributed by atoms with van der Waals surface area (Å²) in [6.45, 7) is 5.99. The molecule has 14 nitrogen and oxygen atoms in total. The van der Waals surface area contributed by atoms with E-state index in [0.29, 0.717) is 50.5 Å². The molecule has 1 fully saturated rings. The molecule has 318 valence electrons. The molecule has 1 N–H and O–H groups in total. The Bertz CT molecular complexity index is 2760. The number of fused-ring (bicyclic) bond motifs is 3. The molecule has 18 heteroatoms. The minimum absolute atomic E-state index is 0.0294. The first-order chi connectivity index (χ1) is 29.9. The van der Waals surface area contributed by atoms with Gasteiger partial charge in [-0.25, -0.2) is 32.5 Å².